The lowest BCUT2D eigenvalue weighted by Crippen LogP contribution is -3.06. The maximum Gasteiger partial charge on any atom is 0.321 e. The monoisotopic (exact) mass is 234 g/mol. The van der Waals surface area contributed by atoms with Gasteiger partial charge >= 0.3 is 5.97 Å². The Kier molecular flexibility index (Phi) is 3.67. The van der Waals surface area contributed by atoms with Gasteiger partial charge < -0.3 is 10.1 Å². The van der Waals surface area contributed by atoms with Crippen LogP contribution in [-0.4, -0.2) is 29.0 Å². The lowest BCUT2D eigenvalue weighted by Gasteiger charge is -2.42. The van der Waals surface area contributed by atoms with Gasteiger partial charge in [0.2, 0.25) is 0 Å². The van der Waals surface area contributed by atoms with E-state index in [0.29, 0.717) is 0 Å². The summed E-state index contributed by atoms with van der Waals surface area (Å²) in [4.78, 5) is 11.1. The number of hydrogen-bond acceptors (Lipinski definition) is 2. The molecular weight excluding hydrogens is 214 g/mol. The van der Waals surface area contributed by atoms with E-state index in [0.717, 1.165) is 12.8 Å². The zero-order valence-corrected chi connectivity index (χ0v) is 10.7. The molecule has 0 amide bonds. The maximum atomic E-state index is 11.1. The van der Waals surface area contributed by atoms with Crippen molar-refractivity contribution < 1.29 is 14.8 Å². The van der Waals surface area contributed by atoms with E-state index in [1.807, 2.05) is 0 Å². The van der Waals surface area contributed by atoms with Crippen LogP contribution in [0.4, 0.5) is 0 Å². The number of esters is 1. The number of quaternary nitrogens is 1. The molecule has 3 nitrogen and oxygen atoms in total. The molecule has 1 fully saturated rings. The number of nitrogens with two attached hydrogens (primary N) is 1. The van der Waals surface area contributed by atoms with Gasteiger partial charge in [0, 0.05) is 12.8 Å². The third-order valence-electron chi connectivity index (χ3n) is 2.70. The Balaban J connectivity index is 2.63. The van der Waals surface area contributed by atoms with Gasteiger partial charge in [0.05, 0.1) is 11.1 Å². The van der Waals surface area contributed by atoms with Gasteiger partial charge in [-0.15, -0.1) is 11.6 Å². The van der Waals surface area contributed by atoms with Crippen molar-refractivity contribution in [1.29, 1.82) is 0 Å². The average molecular weight is 235 g/mol. The highest BCUT2D eigenvalue weighted by Gasteiger charge is 2.43. The topological polar surface area (TPSA) is 42.9 Å². The van der Waals surface area contributed by atoms with Gasteiger partial charge in [-0.05, 0) is 27.7 Å². The molecule has 0 aliphatic carbocycles. The zero-order valence-electron chi connectivity index (χ0n) is 9.97. The summed E-state index contributed by atoms with van der Waals surface area (Å²) in [6.45, 7) is 8.70. The van der Waals surface area contributed by atoms with Crippen LogP contribution >= 0.6 is 11.6 Å². The van der Waals surface area contributed by atoms with E-state index in [-0.39, 0.29) is 29.0 Å². The third kappa shape index (κ3) is 3.99. The summed E-state index contributed by atoms with van der Waals surface area (Å²) < 4.78 is 5.32. The van der Waals surface area contributed by atoms with E-state index >= 15 is 0 Å². The van der Waals surface area contributed by atoms with Crippen LogP contribution in [0.5, 0.6) is 0 Å². The summed E-state index contributed by atoms with van der Waals surface area (Å²) in [5, 5.41) is 2.35. The normalized spacial score (nSPS) is 24.9. The SMILES string of the molecule is CC1(C)CC(OC(=O)CCl)CC(C)(C)[NH2+]1. The van der Waals surface area contributed by atoms with Crippen molar-refractivity contribution in [3.63, 3.8) is 0 Å². The molecule has 0 aromatic rings. The summed E-state index contributed by atoms with van der Waals surface area (Å²) in [5.41, 5.74) is 0.248. The summed E-state index contributed by atoms with van der Waals surface area (Å²) in [7, 11) is 0. The highest BCUT2D eigenvalue weighted by molar-refractivity contribution is 6.26. The van der Waals surface area contributed by atoms with Crippen LogP contribution in [0.1, 0.15) is 40.5 Å². The highest BCUT2D eigenvalue weighted by atomic mass is 35.5. The van der Waals surface area contributed by atoms with Crippen molar-refractivity contribution in [3.05, 3.63) is 0 Å². The number of halogens is 1. The number of rotatable bonds is 2. The second-order valence-corrected chi connectivity index (χ2v) is 6.04. The molecule has 1 aliphatic heterocycles. The molecule has 0 radical (unpaired) electrons. The van der Waals surface area contributed by atoms with Gasteiger partial charge in [0.15, 0.2) is 0 Å². The quantitative estimate of drug-likeness (QED) is 0.574. The molecule has 88 valence electrons. The minimum atomic E-state index is -0.310. The average Bonchev–Trinajstić information content (AvgIpc) is 1.97. The van der Waals surface area contributed by atoms with Crippen molar-refractivity contribution in [2.24, 2.45) is 0 Å². The van der Waals surface area contributed by atoms with Crippen molar-refractivity contribution in [3.8, 4) is 0 Å². The number of carbonyl (C=O) groups excluding carboxylic acids is 1. The fourth-order valence-corrected chi connectivity index (χ4v) is 2.79. The summed E-state index contributed by atoms with van der Waals surface area (Å²) in [5.74, 6) is -0.365. The molecule has 1 saturated heterocycles. The van der Waals surface area contributed by atoms with Gasteiger partial charge in [0.1, 0.15) is 12.0 Å². The van der Waals surface area contributed by atoms with Crippen LogP contribution in [0, 0.1) is 0 Å². The van der Waals surface area contributed by atoms with Crippen molar-refractivity contribution in [2.75, 3.05) is 5.88 Å². The predicted molar refractivity (Wildman–Crippen MR) is 59.9 cm³/mol. The Labute approximate surface area is 96.5 Å². The van der Waals surface area contributed by atoms with E-state index in [1.165, 1.54) is 0 Å². The predicted octanol–water partition coefficient (Wildman–Crippen LogP) is 1.05. The Morgan fingerprint density at radius 3 is 2.20 bits per heavy atom. The summed E-state index contributed by atoms with van der Waals surface area (Å²) in [6.07, 6.45) is 1.78. The fraction of sp³-hybridized carbons (Fsp3) is 0.909. The van der Waals surface area contributed by atoms with Gasteiger partial charge in [-0.1, -0.05) is 0 Å². The molecule has 0 bridgehead atoms. The molecule has 0 aromatic carbocycles. The molecule has 0 atom stereocenters. The number of carbonyl (C=O) groups is 1. The second kappa shape index (κ2) is 4.30. The molecule has 4 heteroatoms. The highest BCUT2D eigenvalue weighted by Crippen LogP contribution is 2.24. The van der Waals surface area contributed by atoms with Gasteiger partial charge in [-0.2, -0.15) is 0 Å². The number of hydrogen-bond donors (Lipinski definition) is 1. The van der Waals surface area contributed by atoms with Crippen LogP contribution in [0.15, 0.2) is 0 Å². The maximum absolute atomic E-state index is 11.1. The molecule has 0 aromatic heterocycles. The number of piperidine rings is 1. The first-order chi connectivity index (χ1) is 6.74. The molecule has 0 spiro atoms. The van der Waals surface area contributed by atoms with E-state index in [1.54, 1.807) is 0 Å². The first-order valence-electron chi connectivity index (χ1n) is 5.37. The summed E-state index contributed by atoms with van der Waals surface area (Å²) >= 11 is 5.43. The molecule has 2 N–H and O–H groups in total. The van der Waals surface area contributed by atoms with Gasteiger partial charge in [0.25, 0.3) is 0 Å². The smallest absolute Gasteiger partial charge is 0.321 e. The van der Waals surface area contributed by atoms with Crippen LogP contribution in [-0.2, 0) is 9.53 Å². The van der Waals surface area contributed by atoms with Gasteiger partial charge in [-0.25, -0.2) is 0 Å². The van der Waals surface area contributed by atoms with E-state index in [2.05, 4.69) is 33.0 Å². The molecule has 15 heavy (non-hydrogen) atoms. The Morgan fingerprint density at radius 1 is 1.33 bits per heavy atom. The van der Waals surface area contributed by atoms with Crippen LogP contribution in [0.2, 0.25) is 0 Å². The zero-order chi connectivity index (χ0) is 11.7. The van der Waals surface area contributed by atoms with Crippen LogP contribution in [0.25, 0.3) is 0 Å². The Morgan fingerprint density at radius 2 is 1.80 bits per heavy atom. The number of alkyl halides is 1. The fourth-order valence-electron chi connectivity index (χ4n) is 2.72. The van der Waals surface area contributed by atoms with E-state index in [9.17, 15) is 4.79 Å². The minimum Gasteiger partial charge on any atom is -0.461 e. The third-order valence-corrected chi connectivity index (χ3v) is 2.91. The van der Waals surface area contributed by atoms with E-state index < -0.39 is 0 Å². The Hall–Kier alpha value is -0.280. The first-order valence-corrected chi connectivity index (χ1v) is 5.90. The molecule has 1 aliphatic rings. The number of ether oxygens (including phenoxy) is 1. The minimum absolute atomic E-state index is 0.00579. The second-order valence-electron chi connectivity index (χ2n) is 5.78. The van der Waals surface area contributed by atoms with Crippen molar-refractivity contribution in [2.45, 2.75) is 57.7 Å². The largest absolute Gasteiger partial charge is 0.461 e. The Bertz CT molecular complexity index is 235. The van der Waals surface area contributed by atoms with Crippen molar-refractivity contribution in [1.82, 2.24) is 0 Å². The lowest BCUT2D eigenvalue weighted by molar-refractivity contribution is -0.789. The molecular formula is C11H21ClNO2+. The van der Waals surface area contributed by atoms with Crippen molar-refractivity contribution >= 4 is 17.6 Å². The molecule has 1 heterocycles. The van der Waals surface area contributed by atoms with E-state index in [4.69, 9.17) is 16.3 Å². The molecule has 0 unspecified atom stereocenters. The lowest BCUT2D eigenvalue weighted by atomic mass is 9.81. The van der Waals surface area contributed by atoms with Crippen LogP contribution in [0.3, 0.4) is 0 Å². The first kappa shape index (κ1) is 12.8. The van der Waals surface area contributed by atoms with Crippen LogP contribution < -0.4 is 5.32 Å². The van der Waals surface area contributed by atoms with Gasteiger partial charge in [-0.3, -0.25) is 4.79 Å². The molecule has 0 saturated carbocycles. The summed E-state index contributed by atoms with van der Waals surface area (Å²) in [6, 6.07) is 0. The molecule has 1 rings (SSSR count). The standard InChI is InChI=1S/C11H20ClNO2/c1-10(2)5-8(15-9(14)7-12)6-11(3,4)13-10/h8,13H,5-7H2,1-4H3/p+1.